The number of aromatic nitrogens is 4. The molecule has 6 nitrogen and oxygen atoms in total. The van der Waals surface area contributed by atoms with Crippen LogP contribution in [0.1, 0.15) is 28.3 Å². The SMILES string of the molecule is Cc1ccnc2nc(C(=O)N3CCCc4c(F)cc(F)cc43)nn12. The summed E-state index contributed by atoms with van der Waals surface area (Å²) in [7, 11) is 0. The first-order valence-corrected chi connectivity index (χ1v) is 7.53. The van der Waals surface area contributed by atoms with Crippen molar-refractivity contribution in [2.45, 2.75) is 19.8 Å². The molecule has 1 aliphatic rings. The largest absolute Gasteiger partial charge is 0.305 e. The lowest BCUT2D eigenvalue weighted by Crippen LogP contribution is -2.36. The van der Waals surface area contributed by atoms with Gasteiger partial charge in [-0.2, -0.15) is 4.98 Å². The van der Waals surface area contributed by atoms with E-state index in [4.69, 9.17) is 0 Å². The van der Waals surface area contributed by atoms with E-state index in [1.54, 1.807) is 12.3 Å². The third kappa shape index (κ3) is 2.22. The average Bonchev–Trinajstić information content (AvgIpc) is 2.99. The molecule has 0 bridgehead atoms. The van der Waals surface area contributed by atoms with Crippen molar-refractivity contribution in [3.05, 3.63) is 53.1 Å². The number of nitrogens with zero attached hydrogens (tertiary/aromatic N) is 5. The fourth-order valence-corrected chi connectivity index (χ4v) is 2.94. The van der Waals surface area contributed by atoms with Crippen molar-refractivity contribution in [2.75, 3.05) is 11.4 Å². The molecular formula is C16H13F2N5O. The van der Waals surface area contributed by atoms with Gasteiger partial charge < -0.3 is 4.90 Å². The minimum absolute atomic E-state index is 0.0469. The maximum atomic E-state index is 14.0. The maximum absolute atomic E-state index is 14.0. The Morgan fingerprint density at radius 3 is 2.92 bits per heavy atom. The van der Waals surface area contributed by atoms with Gasteiger partial charge in [-0.15, -0.1) is 5.10 Å². The quantitative estimate of drug-likeness (QED) is 0.687. The van der Waals surface area contributed by atoms with Crippen molar-refractivity contribution in [1.29, 1.82) is 0 Å². The number of hydrogen-bond donors (Lipinski definition) is 0. The monoisotopic (exact) mass is 329 g/mol. The number of fused-ring (bicyclic) bond motifs is 2. The molecule has 24 heavy (non-hydrogen) atoms. The van der Waals surface area contributed by atoms with Crippen molar-refractivity contribution >= 4 is 17.4 Å². The van der Waals surface area contributed by atoms with Crippen LogP contribution in [-0.4, -0.2) is 32.0 Å². The zero-order chi connectivity index (χ0) is 16.8. The molecule has 0 unspecified atom stereocenters. The zero-order valence-electron chi connectivity index (χ0n) is 12.8. The van der Waals surface area contributed by atoms with Gasteiger partial charge >= 0.3 is 0 Å². The number of amides is 1. The Morgan fingerprint density at radius 1 is 1.29 bits per heavy atom. The molecule has 0 N–H and O–H groups in total. The van der Waals surface area contributed by atoms with Crippen LogP contribution in [0.15, 0.2) is 24.4 Å². The highest BCUT2D eigenvalue weighted by Gasteiger charge is 2.29. The van der Waals surface area contributed by atoms with Gasteiger partial charge in [0.2, 0.25) is 5.82 Å². The molecule has 122 valence electrons. The molecule has 3 aromatic rings. The minimum Gasteiger partial charge on any atom is -0.305 e. The number of aryl methyl sites for hydroxylation is 1. The highest BCUT2D eigenvalue weighted by Crippen LogP contribution is 2.31. The van der Waals surface area contributed by atoms with Gasteiger partial charge in [-0.1, -0.05) is 0 Å². The second-order valence-electron chi connectivity index (χ2n) is 5.68. The van der Waals surface area contributed by atoms with Gasteiger partial charge in [0.25, 0.3) is 11.7 Å². The van der Waals surface area contributed by atoms with E-state index in [9.17, 15) is 13.6 Å². The third-order valence-electron chi connectivity index (χ3n) is 4.10. The summed E-state index contributed by atoms with van der Waals surface area (Å²) in [4.78, 5) is 22.3. The van der Waals surface area contributed by atoms with Crippen molar-refractivity contribution in [3.8, 4) is 0 Å². The number of benzene rings is 1. The Hall–Kier alpha value is -2.90. The molecule has 0 saturated heterocycles. The van der Waals surface area contributed by atoms with E-state index >= 15 is 0 Å². The van der Waals surface area contributed by atoms with Crippen molar-refractivity contribution in [3.63, 3.8) is 0 Å². The summed E-state index contributed by atoms with van der Waals surface area (Å²) in [6, 6.07) is 3.76. The summed E-state index contributed by atoms with van der Waals surface area (Å²) in [5.74, 6) is -1.59. The molecule has 0 atom stereocenters. The van der Waals surface area contributed by atoms with Crippen LogP contribution in [0.5, 0.6) is 0 Å². The molecule has 1 aromatic carbocycles. The van der Waals surface area contributed by atoms with Crippen LogP contribution < -0.4 is 4.90 Å². The number of carbonyl (C=O) groups excluding carboxylic acids is 1. The molecule has 0 saturated carbocycles. The van der Waals surface area contributed by atoms with Crippen LogP contribution in [0.4, 0.5) is 14.5 Å². The Morgan fingerprint density at radius 2 is 2.12 bits per heavy atom. The van der Waals surface area contributed by atoms with E-state index in [2.05, 4.69) is 15.1 Å². The molecule has 0 spiro atoms. The van der Waals surface area contributed by atoms with Crippen molar-refractivity contribution in [2.24, 2.45) is 0 Å². The first-order valence-electron chi connectivity index (χ1n) is 7.53. The summed E-state index contributed by atoms with van der Waals surface area (Å²) in [6.07, 6.45) is 2.63. The Balaban J connectivity index is 1.79. The van der Waals surface area contributed by atoms with Gasteiger partial charge in [-0.3, -0.25) is 4.79 Å². The fraction of sp³-hybridized carbons (Fsp3) is 0.250. The molecule has 0 aliphatic carbocycles. The van der Waals surface area contributed by atoms with Gasteiger partial charge in [0.1, 0.15) is 11.6 Å². The van der Waals surface area contributed by atoms with E-state index in [1.165, 1.54) is 15.5 Å². The lowest BCUT2D eigenvalue weighted by atomic mass is 10.0. The average molecular weight is 329 g/mol. The number of halogens is 2. The first-order chi connectivity index (χ1) is 11.5. The first kappa shape index (κ1) is 14.7. The molecule has 1 aliphatic heterocycles. The molecule has 4 rings (SSSR count). The van der Waals surface area contributed by atoms with Gasteiger partial charge in [0.15, 0.2) is 0 Å². The summed E-state index contributed by atoms with van der Waals surface area (Å²) < 4.78 is 29.0. The van der Waals surface area contributed by atoms with E-state index < -0.39 is 17.5 Å². The number of hydrogen-bond acceptors (Lipinski definition) is 4. The molecule has 2 aromatic heterocycles. The van der Waals surface area contributed by atoms with Crippen LogP contribution in [0.2, 0.25) is 0 Å². The fourth-order valence-electron chi connectivity index (χ4n) is 2.94. The van der Waals surface area contributed by atoms with E-state index in [-0.39, 0.29) is 11.5 Å². The summed E-state index contributed by atoms with van der Waals surface area (Å²) in [6.45, 7) is 2.18. The molecule has 8 heteroatoms. The second kappa shape index (κ2) is 5.33. The maximum Gasteiger partial charge on any atom is 0.298 e. The zero-order valence-corrected chi connectivity index (χ0v) is 12.8. The normalized spacial score (nSPS) is 14.0. The summed E-state index contributed by atoms with van der Waals surface area (Å²) in [5.41, 5.74) is 1.36. The number of anilines is 1. The van der Waals surface area contributed by atoms with E-state index in [1.807, 2.05) is 6.92 Å². The molecule has 0 fully saturated rings. The molecule has 1 amide bonds. The Labute approximate surface area is 135 Å². The number of rotatable bonds is 1. The summed E-state index contributed by atoms with van der Waals surface area (Å²) in [5, 5.41) is 4.17. The summed E-state index contributed by atoms with van der Waals surface area (Å²) >= 11 is 0. The van der Waals surface area contributed by atoms with Crippen LogP contribution in [0.25, 0.3) is 5.78 Å². The van der Waals surface area contributed by atoms with Crippen LogP contribution in [0.3, 0.4) is 0 Å². The highest BCUT2D eigenvalue weighted by molar-refractivity contribution is 6.04. The Kier molecular flexibility index (Phi) is 3.26. The van der Waals surface area contributed by atoms with Crippen LogP contribution in [0, 0.1) is 18.6 Å². The van der Waals surface area contributed by atoms with Crippen molar-refractivity contribution < 1.29 is 13.6 Å². The van der Waals surface area contributed by atoms with E-state index in [0.717, 1.165) is 11.8 Å². The standard InChI is InChI=1S/C16H13F2N5O/c1-9-4-5-19-16-20-14(21-23(9)16)15(24)22-6-2-3-11-12(18)7-10(17)8-13(11)22/h4-5,7-8H,2-3,6H2,1H3. The highest BCUT2D eigenvalue weighted by atomic mass is 19.1. The van der Waals surface area contributed by atoms with Gasteiger partial charge in [-0.25, -0.2) is 18.3 Å². The second-order valence-corrected chi connectivity index (χ2v) is 5.68. The predicted molar refractivity (Wildman–Crippen MR) is 81.9 cm³/mol. The molecule has 0 radical (unpaired) electrons. The smallest absolute Gasteiger partial charge is 0.298 e. The number of carbonyl (C=O) groups is 1. The molecule has 3 heterocycles. The molecular weight excluding hydrogens is 316 g/mol. The minimum atomic E-state index is -0.716. The topological polar surface area (TPSA) is 63.4 Å². The van der Waals surface area contributed by atoms with Gasteiger partial charge in [0.05, 0.1) is 5.69 Å². The van der Waals surface area contributed by atoms with Gasteiger partial charge in [0, 0.05) is 30.1 Å². The van der Waals surface area contributed by atoms with Gasteiger partial charge in [-0.05, 0) is 31.9 Å². The lowest BCUT2D eigenvalue weighted by molar-refractivity contribution is 0.0975. The van der Waals surface area contributed by atoms with Crippen LogP contribution in [-0.2, 0) is 6.42 Å². The van der Waals surface area contributed by atoms with Crippen LogP contribution >= 0.6 is 0 Å². The Bertz CT molecular complexity index is 969. The van der Waals surface area contributed by atoms with Crippen molar-refractivity contribution in [1.82, 2.24) is 19.6 Å². The predicted octanol–water partition coefficient (Wildman–Crippen LogP) is 2.30. The third-order valence-corrected chi connectivity index (χ3v) is 4.10. The van der Waals surface area contributed by atoms with E-state index in [0.29, 0.717) is 30.7 Å². The lowest BCUT2D eigenvalue weighted by Gasteiger charge is -2.28.